The quantitative estimate of drug-likeness (QED) is 0.433. The highest BCUT2D eigenvalue weighted by atomic mass is 33.1. The molecule has 0 aliphatic carbocycles. The minimum absolute atomic E-state index is 1.17. The normalized spacial score (nSPS) is 22.0. The first-order valence-electron chi connectivity index (χ1n) is 4.60. The van der Waals surface area contributed by atoms with Gasteiger partial charge in [-0.2, -0.15) is 0 Å². The average molecular weight is 204 g/mol. The lowest BCUT2D eigenvalue weighted by Gasteiger charge is -2.02. The van der Waals surface area contributed by atoms with Crippen LogP contribution in [0.1, 0.15) is 38.5 Å². The summed E-state index contributed by atoms with van der Waals surface area (Å²) in [5.41, 5.74) is 0. The Bertz CT molecular complexity index is 112. The van der Waals surface area contributed by atoms with Crippen LogP contribution < -0.4 is 0 Å². The standard InChI is InChI=1S/C9H16OS2/c1-2-4-6-8-10-12-11-9-7-5-3-1/h6,8H,1-5,7,9H2. The van der Waals surface area contributed by atoms with Gasteiger partial charge in [0.1, 0.15) is 11.1 Å². The van der Waals surface area contributed by atoms with Crippen LogP contribution in [0.4, 0.5) is 0 Å². The summed E-state index contributed by atoms with van der Waals surface area (Å²) in [6.45, 7) is 0. The Kier molecular flexibility index (Phi) is 6.77. The molecule has 0 amide bonds. The second-order valence-corrected chi connectivity index (χ2v) is 5.00. The number of rotatable bonds is 0. The molecule has 1 rings (SSSR count). The van der Waals surface area contributed by atoms with Crippen molar-refractivity contribution in [2.45, 2.75) is 38.5 Å². The molecule has 0 atom stereocenters. The van der Waals surface area contributed by atoms with Gasteiger partial charge in [-0.1, -0.05) is 30.1 Å². The van der Waals surface area contributed by atoms with Gasteiger partial charge in [-0.3, -0.25) is 0 Å². The smallest absolute Gasteiger partial charge is 0.125 e. The highest BCUT2D eigenvalue weighted by molar-refractivity contribution is 8.74. The predicted octanol–water partition coefficient (Wildman–Crippen LogP) is 4.17. The van der Waals surface area contributed by atoms with E-state index in [2.05, 4.69) is 6.08 Å². The second kappa shape index (κ2) is 7.87. The summed E-state index contributed by atoms with van der Waals surface area (Å²) in [4.78, 5) is 0. The fourth-order valence-electron chi connectivity index (χ4n) is 1.15. The van der Waals surface area contributed by atoms with Crippen molar-refractivity contribution in [3.05, 3.63) is 12.3 Å². The van der Waals surface area contributed by atoms with Crippen molar-refractivity contribution in [3.8, 4) is 0 Å². The fourth-order valence-corrected chi connectivity index (χ4v) is 2.58. The molecule has 1 aliphatic rings. The Morgan fingerprint density at radius 2 is 1.83 bits per heavy atom. The first kappa shape index (κ1) is 10.3. The summed E-state index contributed by atoms with van der Waals surface area (Å²) in [7, 11) is 1.81. The number of hydrogen-bond donors (Lipinski definition) is 0. The first-order chi connectivity index (χ1) is 6.00. The molecule has 3 heteroatoms. The Morgan fingerprint density at radius 3 is 2.83 bits per heavy atom. The third-order valence-corrected chi connectivity index (χ3v) is 3.60. The van der Waals surface area contributed by atoms with Gasteiger partial charge in [-0.05, 0) is 25.3 Å². The molecule has 0 fully saturated rings. The Balaban J connectivity index is 2.10. The van der Waals surface area contributed by atoms with E-state index < -0.39 is 0 Å². The lowest BCUT2D eigenvalue weighted by atomic mass is 10.1. The van der Waals surface area contributed by atoms with Gasteiger partial charge in [0.15, 0.2) is 0 Å². The summed E-state index contributed by atoms with van der Waals surface area (Å²) in [6.07, 6.45) is 11.9. The zero-order valence-electron chi connectivity index (χ0n) is 7.33. The van der Waals surface area contributed by atoms with Crippen LogP contribution in [0.3, 0.4) is 0 Å². The summed E-state index contributed by atoms with van der Waals surface area (Å²) >= 11 is 1.50. The molecule has 0 radical (unpaired) electrons. The lowest BCUT2D eigenvalue weighted by Crippen LogP contribution is -1.82. The van der Waals surface area contributed by atoms with Gasteiger partial charge in [0, 0.05) is 5.75 Å². The predicted molar refractivity (Wildman–Crippen MR) is 58.0 cm³/mol. The maximum atomic E-state index is 5.21. The molecular formula is C9H16OS2. The molecule has 0 spiro atoms. The van der Waals surface area contributed by atoms with Crippen LogP contribution in [-0.4, -0.2) is 5.75 Å². The Hall–Kier alpha value is 0.240. The van der Waals surface area contributed by atoms with Gasteiger partial charge in [-0.25, -0.2) is 0 Å². The van der Waals surface area contributed by atoms with Gasteiger partial charge in [0.2, 0.25) is 0 Å². The van der Waals surface area contributed by atoms with Crippen molar-refractivity contribution >= 4 is 21.9 Å². The first-order valence-corrected chi connectivity index (χ1v) is 6.84. The second-order valence-electron chi connectivity index (χ2n) is 2.91. The summed E-state index contributed by atoms with van der Waals surface area (Å²) in [5.74, 6) is 1.22. The molecule has 1 aliphatic heterocycles. The summed E-state index contributed by atoms with van der Waals surface area (Å²) in [5, 5.41) is 0. The highest BCUT2D eigenvalue weighted by Gasteiger charge is 1.94. The van der Waals surface area contributed by atoms with E-state index in [1.165, 1.54) is 55.4 Å². The van der Waals surface area contributed by atoms with Crippen LogP contribution in [0.5, 0.6) is 0 Å². The van der Waals surface area contributed by atoms with Crippen molar-refractivity contribution < 1.29 is 4.18 Å². The SMILES string of the molecule is C1=COSSCCCCCCC1. The van der Waals surface area contributed by atoms with E-state index in [0.29, 0.717) is 0 Å². The Labute approximate surface area is 82.9 Å². The van der Waals surface area contributed by atoms with E-state index in [9.17, 15) is 0 Å². The monoisotopic (exact) mass is 204 g/mol. The molecule has 70 valence electrons. The van der Waals surface area contributed by atoms with E-state index >= 15 is 0 Å². The van der Waals surface area contributed by atoms with E-state index in [1.54, 1.807) is 0 Å². The molecule has 1 nitrogen and oxygen atoms in total. The van der Waals surface area contributed by atoms with Gasteiger partial charge in [0.25, 0.3) is 0 Å². The van der Waals surface area contributed by atoms with Crippen molar-refractivity contribution in [1.82, 2.24) is 0 Å². The largest absolute Gasteiger partial charge is 0.422 e. The number of allylic oxidation sites excluding steroid dienone is 1. The third-order valence-electron chi connectivity index (χ3n) is 1.84. The zero-order valence-corrected chi connectivity index (χ0v) is 8.96. The molecular weight excluding hydrogens is 188 g/mol. The molecule has 12 heavy (non-hydrogen) atoms. The highest BCUT2D eigenvalue weighted by Crippen LogP contribution is 2.24. The van der Waals surface area contributed by atoms with Crippen molar-refractivity contribution in [3.63, 3.8) is 0 Å². The summed E-state index contributed by atoms with van der Waals surface area (Å²) in [6, 6.07) is 0. The molecule has 1 heterocycles. The van der Waals surface area contributed by atoms with Crippen LogP contribution in [0.25, 0.3) is 0 Å². The van der Waals surface area contributed by atoms with Crippen molar-refractivity contribution in [2.24, 2.45) is 0 Å². The minimum atomic E-state index is 1.17. The molecule has 0 bridgehead atoms. The average Bonchev–Trinajstić information content (AvgIpc) is 2.05. The van der Waals surface area contributed by atoms with Crippen molar-refractivity contribution in [1.29, 1.82) is 0 Å². The van der Waals surface area contributed by atoms with Gasteiger partial charge < -0.3 is 4.18 Å². The fraction of sp³-hybridized carbons (Fsp3) is 0.778. The molecule has 0 saturated heterocycles. The van der Waals surface area contributed by atoms with E-state index in [1.807, 2.05) is 17.1 Å². The van der Waals surface area contributed by atoms with E-state index in [-0.39, 0.29) is 0 Å². The number of hydrogen-bond acceptors (Lipinski definition) is 3. The van der Waals surface area contributed by atoms with E-state index in [4.69, 9.17) is 4.18 Å². The van der Waals surface area contributed by atoms with Crippen molar-refractivity contribution in [2.75, 3.05) is 5.75 Å². The molecule has 0 saturated carbocycles. The lowest BCUT2D eigenvalue weighted by molar-refractivity contribution is 0.565. The third kappa shape index (κ3) is 5.84. The molecule has 0 aromatic heterocycles. The maximum absolute atomic E-state index is 5.21. The van der Waals surface area contributed by atoms with Crippen LogP contribution in [0, 0.1) is 0 Å². The van der Waals surface area contributed by atoms with Crippen LogP contribution in [0.15, 0.2) is 12.3 Å². The maximum Gasteiger partial charge on any atom is 0.125 e. The Morgan fingerprint density at radius 1 is 1.00 bits per heavy atom. The van der Waals surface area contributed by atoms with Gasteiger partial charge in [0.05, 0.1) is 6.26 Å². The van der Waals surface area contributed by atoms with Crippen LogP contribution >= 0.6 is 21.9 Å². The van der Waals surface area contributed by atoms with Gasteiger partial charge >= 0.3 is 0 Å². The molecule has 0 unspecified atom stereocenters. The van der Waals surface area contributed by atoms with Gasteiger partial charge in [-0.15, -0.1) is 0 Å². The topological polar surface area (TPSA) is 9.23 Å². The summed E-state index contributed by atoms with van der Waals surface area (Å²) < 4.78 is 5.21. The van der Waals surface area contributed by atoms with Crippen LogP contribution in [-0.2, 0) is 4.18 Å². The molecule has 0 aromatic carbocycles. The zero-order chi connectivity index (χ0) is 8.49. The molecule has 0 N–H and O–H groups in total. The molecule has 0 aromatic rings. The van der Waals surface area contributed by atoms with Crippen LogP contribution in [0.2, 0.25) is 0 Å². The minimum Gasteiger partial charge on any atom is -0.422 e. The van der Waals surface area contributed by atoms with E-state index in [0.717, 1.165) is 0 Å².